The van der Waals surface area contributed by atoms with E-state index in [1.807, 2.05) is 20.8 Å². The Kier molecular flexibility index (Phi) is 5.16. The van der Waals surface area contributed by atoms with Gasteiger partial charge in [0, 0.05) is 10.0 Å². The molecule has 1 aromatic carbocycles. The molecular formula is C14H18BrNO4. The average Bonchev–Trinajstić information content (AvgIpc) is 2.38. The molecule has 1 rings (SSSR count). The van der Waals surface area contributed by atoms with Crippen LogP contribution in [0.1, 0.15) is 31.1 Å². The van der Waals surface area contributed by atoms with Crippen LogP contribution in [-0.4, -0.2) is 31.8 Å². The first-order valence-corrected chi connectivity index (χ1v) is 6.77. The van der Waals surface area contributed by atoms with Crippen molar-refractivity contribution in [1.29, 1.82) is 0 Å². The Labute approximate surface area is 127 Å². The number of rotatable bonds is 2. The third-order valence-electron chi connectivity index (χ3n) is 2.64. The normalized spacial score (nSPS) is 10.9. The van der Waals surface area contributed by atoms with Gasteiger partial charge in [-0.05, 0) is 54.9 Å². The van der Waals surface area contributed by atoms with E-state index in [4.69, 9.17) is 4.74 Å². The molecule has 1 amide bonds. The summed E-state index contributed by atoms with van der Waals surface area (Å²) in [4.78, 5) is 25.0. The van der Waals surface area contributed by atoms with Crippen LogP contribution >= 0.6 is 15.9 Å². The predicted molar refractivity (Wildman–Crippen MR) is 80.1 cm³/mol. The van der Waals surface area contributed by atoms with Crippen LogP contribution in [0.3, 0.4) is 0 Å². The van der Waals surface area contributed by atoms with Gasteiger partial charge in [-0.25, -0.2) is 9.59 Å². The van der Waals surface area contributed by atoms with Gasteiger partial charge in [0.15, 0.2) is 0 Å². The molecule has 0 fully saturated rings. The molecule has 0 radical (unpaired) electrons. The number of carbonyl (C=O) groups is 2. The van der Waals surface area contributed by atoms with E-state index in [0.717, 1.165) is 0 Å². The summed E-state index contributed by atoms with van der Waals surface area (Å²) in [6.07, 6.45) is -0.469. The summed E-state index contributed by atoms with van der Waals surface area (Å²) >= 11 is 3.38. The summed E-state index contributed by atoms with van der Waals surface area (Å²) in [5.74, 6) is -0.433. The molecule has 0 aliphatic carbocycles. The van der Waals surface area contributed by atoms with Crippen LogP contribution in [0.25, 0.3) is 0 Å². The summed E-state index contributed by atoms with van der Waals surface area (Å²) in [6, 6.07) is 4.90. The van der Waals surface area contributed by atoms with Crippen molar-refractivity contribution in [3.63, 3.8) is 0 Å². The van der Waals surface area contributed by atoms with Gasteiger partial charge in [-0.3, -0.25) is 4.90 Å². The summed E-state index contributed by atoms with van der Waals surface area (Å²) in [5, 5.41) is 0. The van der Waals surface area contributed by atoms with Crippen LogP contribution in [-0.2, 0) is 9.47 Å². The summed E-state index contributed by atoms with van der Waals surface area (Å²) in [7, 11) is 2.65. The molecule has 0 heterocycles. The molecule has 0 aromatic heterocycles. The number of carbonyl (C=O) groups excluding carboxylic acids is 2. The zero-order valence-corrected chi connectivity index (χ0v) is 13.8. The summed E-state index contributed by atoms with van der Waals surface area (Å²) < 4.78 is 10.1. The van der Waals surface area contributed by atoms with Crippen molar-refractivity contribution >= 4 is 33.7 Å². The van der Waals surface area contributed by atoms with E-state index in [1.54, 1.807) is 18.2 Å². The number of nitrogens with zero attached hydrogens (tertiary/aromatic N) is 1. The highest BCUT2D eigenvalue weighted by atomic mass is 79.9. The highest BCUT2D eigenvalue weighted by Gasteiger charge is 2.30. The van der Waals surface area contributed by atoms with Gasteiger partial charge in [0.1, 0.15) is 0 Å². The quantitative estimate of drug-likeness (QED) is 0.769. The van der Waals surface area contributed by atoms with Gasteiger partial charge in [0.2, 0.25) is 0 Å². The van der Waals surface area contributed by atoms with Crippen molar-refractivity contribution in [1.82, 2.24) is 0 Å². The zero-order valence-electron chi connectivity index (χ0n) is 12.2. The van der Waals surface area contributed by atoms with Gasteiger partial charge in [-0.1, -0.05) is 0 Å². The van der Waals surface area contributed by atoms with E-state index in [-0.39, 0.29) is 0 Å². The molecule has 0 aliphatic heterocycles. The maximum absolute atomic E-state index is 12.0. The number of halogens is 1. The third-order valence-corrected chi connectivity index (χ3v) is 3.27. The minimum absolute atomic E-state index is 0.404. The molecule has 0 saturated carbocycles. The number of hydrogen-bond donors (Lipinski definition) is 0. The highest BCUT2D eigenvalue weighted by Crippen LogP contribution is 2.32. The van der Waals surface area contributed by atoms with Crippen molar-refractivity contribution < 1.29 is 19.1 Å². The van der Waals surface area contributed by atoms with Crippen LogP contribution < -0.4 is 4.90 Å². The molecule has 0 saturated heterocycles. The maximum Gasteiger partial charge on any atom is 0.414 e. The van der Waals surface area contributed by atoms with Crippen LogP contribution in [0, 0.1) is 0 Å². The molecule has 110 valence electrons. The Morgan fingerprint density at radius 1 is 1.15 bits per heavy atom. The molecule has 0 N–H and O–H groups in total. The van der Waals surface area contributed by atoms with Gasteiger partial charge < -0.3 is 9.47 Å². The number of ether oxygens (including phenoxy) is 2. The predicted octanol–water partition coefficient (Wildman–Crippen LogP) is 3.61. The fraction of sp³-hybridized carbons (Fsp3) is 0.429. The summed E-state index contributed by atoms with van der Waals surface area (Å²) in [5.41, 5.74) is 0.557. The van der Waals surface area contributed by atoms with E-state index in [0.29, 0.717) is 15.7 Å². The molecule has 20 heavy (non-hydrogen) atoms. The lowest BCUT2D eigenvalue weighted by atomic mass is 10.0. The smallest absolute Gasteiger partial charge is 0.414 e. The van der Waals surface area contributed by atoms with Crippen molar-refractivity contribution in [2.75, 3.05) is 19.1 Å². The number of hydrogen-bond acceptors (Lipinski definition) is 4. The molecule has 0 unspecified atom stereocenters. The number of amides is 1. The van der Waals surface area contributed by atoms with Crippen molar-refractivity contribution in [3.05, 3.63) is 28.2 Å². The Bertz CT molecular complexity index is 522. The first kappa shape index (κ1) is 16.5. The molecule has 0 bridgehead atoms. The molecule has 5 nitrogen and oxygen atoms in total. The first-order valence-electron chi connectivity index (χ1n) is 5.98. The van der Waals surface area contributed by atoms with Crippen molar-refractivity contribution in [2.45, 2.75) is 26.3 Å². The van der Waals surface area contributed by atoms with E-state index >= 15 is 0 Å². The van der Waals surface area contributed by atoms with Gasteiger partial charge >= 0.3 is 12.1 Å². The molecule has 0 atom stereocenters. The van der Waals surface area contributed by atoms with E-state index in [9.17, 15) is 9.59 Å². The van der Waals surface area contributed by atoms with E-state index in [1.165, 1.54) is 19.1 Å². The number of benzene rings is 1. The van der Waals surface area contributed by atoms with Crippen LogP contribution in [0.15, 0.2) is 22.7 Å². The molecule has 0 aliphatic rings. The second-order valence-electron chi connectivity index (χ2n) is 5.13. The maximum atomic E-state index is 12.0. The fourth-order valence-electron chi connectivity index (χ4n) is 1.76. The lowest BCUT2D eigenvalue weighted by Crippen LogP contribution is -2.46. The lowest BCUT2D eigenvalue weighted by Gasteiger charge is -2.35. The molecule has 1 aromatic rings. The minimum Gasteiger partial charge on any atom is -0.465 e. The molecular weight excluding hydrogens is 326 g/mol. The van der Waals surface area contributed by atoms with Gasteiger partial charge in [0.05, 0.1) is 25.5 Å². The fourth-order valence-corrected chi connectivity index (χ4v) is 2.31. The number of esters is 1. The topological polar surface area (TPSA) is 55.8 Å². The standard InChI is InChI=1S/C14H18BrNO4/c1-14(2,3)16(13(18)20-5)11-7-6-9(8-10(11)15)12(17)19-4/h6-8H,1-5H3. The van der Waals surface area contributed by atoms with Crippen molar-refractivity contribution in [2.24, 2.45) is 0 Å². The Morgan fingerprint density at radius 3 is 2.15 bits per heavy atom. The van der Waals surface area contributed by atoms with E-state index in [2.05, 4.69) is 20.7 Å². The number of anilines is 1. The lowest BCUT2D eigenvalue weighted by molar-refractivity contribution is 0.0600. The molecule has 6 heteroatoms. The Balaban J connectivity index is 3.29. The third kappa shape index (κ3) is 3.50. The van der Waals surface area contributed by atoms with Crippen LogP contribution in [0.4, 0.5) is 10.5 Å². The van der Waals surface area contributed by atoms with Gasteiger partial charge in [-0.2, -0.15) is 0 Å². The SMILES string of the molecule is COC(=O)c1ccc(N(C(=O)OC)C(C)(C)C)c(Br)c1. The Morgan fingerprint density at radius 2 is 1.75 bits per heavy atom. The minimum atomic E-state index is -0.470. The monoisotopic (exact) mass is 343 g/mol. The largest absolute Gasteiger partial charge is 0.465 e. The second-order valence-corrected chi connectivity index (χ2v) is 5.99. The second kappa shape index (κ2) is 6.26. The summed E-state index contributed by atoms with van der Waals surface area (Å²) in [6.45, 7) is 5.68. The van der Waals surface area contributed by atoms with Crippen molar-refractivity contribution in [3.8, 4) is 0 Å². The molecule has 0 spiro atoms. The van der Waals surface area contributed by atoms with Gasteiger partial charge in [0.25, 0.3) is 0 Å². The average molecular weight is 344 g/mol. The van der Waals surface area contributed by atoms with Gasteiger partial charge in [-0.15, -0.1) is 0 Å². The van der Waals surface area contributed by atoms with E-state index < -0.39 is 17.6 Å². The zero-order chi connectivity index (χ0) is 15.5. The van der Waals surface area contributed by atoms with Crippen LogP contribution in [0.2, 0.25) is 0 Å². The van der Waals surface area contributed by atoms with Crippen LogP contribution in [0.5, 0.6) is 0 Å². The first-order chi connectivity index (χ1) is 9.22. The Hall–Kier alpha value is -1.56. The number of methoxy groups -OCH3 is 2. The highest BCUT2D eigenvalue weighted by molar-refractivity contribution is 9.10.